The van der Waals surface area contributed by atoms with Crippen molar-refractivity contribution in [2.45, 2.75) is 6.42 Å². The highest BCUT2D eigenvalue weighted by atomic mass is 32.2. The van der Waals surface area contributed by atoms with Crippen molar-refractivity contribution in [1.29, 1.82) is 5.26 Å². The smallest absolute Gasteiger partial charge is 0.227 e. The second kappa shape index (κ2) is 5.19. The molecule has 1 aliphatic heterocycles. The van der Waals surface area contributed by atoms with Crippen LogP contribution in [0.4, 0.5) is 10.1 Å². The van der Waals surface area contributed by atoms with Gasteiger partial charge in [-0.05, 0) is 18.2 Å². The third-order valence-electron chi connectivity index (χ3n) is 3.04. The maximum Gasteiger partial charge on any atom is 0.227 e. The van der Waals surface area contributed by atoms with Gasteiger partial charge in [0.25, 0.3) is 0 Å². The molecule has 1 saturated heterocycles. The lowest BCUT2D eigenvalue weighted by Crippen LogP contribution is -2.28. The van der Waals surface area contributed by atoms with Gasteiger partial charge in [0, 0.05) is 18.9 Å². The molecule has 0 spiro atoms. The number of sulfonamides is 1. The first-order valence-corrected chi connectivity index (χ1v) is 7.52. The Morgan fingerprint density at radius 1 is 1.50 bits per heavy atom. The average molecular weight is 297 g/mol. The number of rotatable bonds is 3. The van der Waals surface area contributed by atoms with Crippen LogP contribution in [0.2, 0.25) is 0 Å². The Morgan fingerprint density at radius 3 is 2.75 bits per heavy atom. The van der Waals surface area contributed by atoms with Gasteiger partial charge in [0.2, 0.25) is 15.9 Å². The third-order valence-corrected chi connectivity index (χ3v) is 3.98. The van der Waals surface area contributed by atoms with E-state index in [0.29, 0.717) is 0 Å². The van der Waals surface area contributed by atoms with Crippen LogP contribution in [-0.2, 0) is 14.8 Å². The molecular formula is C12H12FN3O3S. The Hall–Kier alpha value is -1.98. The Bertz CT molecular complexity index is 696. The molecule has 2 rings (SSSR count). The van der Waals surface area contributed by atoms with Crippen LogP contribution in [0.1, 0.15) is 12.0 Å². The molecule has 1 heterocycles. The van der Waals surface area contributed by atoms with Crippen LogP contribution < -0.4 is 10.0 Å². The molecule has 1 aromatic rings. The molecule has 1 aliphatic rings. The number of halogens is 1. The minimum atomic E-state index is -3.67. The van der Waals surface area contributed by atoms with Crippen molar-refractivity contribution in [2.24, 2.45) is 11.1 Å². The number of carbonyl (C=O) groups excluding carboxylic acids is 1. The number of benzene rings is 1. The van der Waals surface area contributed by atoms with Crippen molar-refractivity contribution in [3.8, 4) is 6.07 Å². The first-order valence-electron chi connectivity index (χ1n) is 5.80. The zero-order valence-corrected chi connectivity index (χ0v) is 11.2. The average Bonchev–Trinajstić information content (AvgIpc) is 2.67. The van der Waals surface area contributed by atoms with Gasteiger partial charge in [-0.15, -0.1) is 0 Å². The molecule has 106 valence electrons. The third kappa shape index (κ3) is 3.12. The molecule has 0 aliphatic carbocycles. The molecule has 20 heavy (non-hydrogen) atoms. The number of hydrogen-bond donors (Lipinski definition) is 1. The van der Waals surface area contributed by atoms with Crippen molar-refractivity contribution in [2.75, 3.05) is 17.2 Å². The van der Waals surface area contributed by atoms with E-state index in [9.17, 15) is 17.6 Å². The normalized spacial score (nSPS) is 19.1. The molecule has 0 bridgehead atoms. The molecule has 1 amide bonds. The predicted molar refractivity (Wildman–Crippen MR) is 69.5 cm³/mol. The number of nitrogens with two attached hydrogens (primary N) is 1. The predicted octanol–water partition coefficient (Wildman–Crippen LogP) is 0.339. The summed E-state index contributed by atoms with van der Waals surface area (Å²) < 4.78 is 35.9. The van der Waals surface area contributed by atoms with Gasteiger partial charge in [0.1, 0.15) is 5.82 Å². The topological polar surface area (TPSA) is 104 Å². The highest BCUT2D eigenvalue weighted by Gasteiger charge is 2.33. The van der Waals surface area contributed by atoms with E-state index in [1.165, 1.54) is 17.0 Å². The Morgan fingerprint density at radius 2 is 2.20 bits per heavy atom. The lowest BCUT2D eigenvalue weighted by Gasteiger charge is -2.17. The van der Waals surface area contributed by atoms with E-state index in [1.807, 2.05) is 0 Å². The number of nitrogens with zero attached hydrogens (tertiary/aromatic N) is 2. The largest absolute Gasteiger partial charge is 0.309 e. The molecule has 0 aromatic heterocycles. The van der Waals surface area contributed by atoms with Crippen molar-refractivity contribution >= 4 is 21.6 Å². The number of carbonyl (C=O) groups is 1. The van der Waals surface area contributed by atoms with Crippen molar-refractivity contribution in [1.82, 2.24) is 0 Å². The SMILES string of the molecule is N#Cc1ccc(N2CC(CS(N)(=O)=O)CC2=O)c(F)c1. The fraction of sp³-hybridized carbons (Fsp3) is 0.333. The molecule has 8 heteroatoms. The highest BCUT2D eigenvalue weighted by molar-refractivity contribution is 7.89. The van der Waals surface area contributed by atoms with Gasteiger partial charge in [-0.2, -0.15) is 5.26 Å². The fourth-order valence-corrected chi connectivity index (χ4v) is 3.13. The molecule has 1 unspecified atom stereocenters. The number of hydrogen-bond acceptors (Lipinski definition) is 4. The highest BCUT2D eigenvalue weighted by Crippen LogP contribution is 2.28. The Kier molecular flexibility index (Phi) is 3.74. The van der Waals surface area contributed by atoms with Crippen molar-refractivity contribution in [3.05, 3.63) is 29.6 Å². The van der Waals surface area contributed by atoms with Crippen LogP contribution in [0.15, 0.2) is 18.2 Å². The van der Waals surface area contributed by atoms with Crippen LogP contribution in [0.3, 0.4) is 0 Å². The van der Waals surface area contributed by atoms with Crippen LogP contribution in [0, 0.1) is 23.1 Å². The second-order valence-electron chi connectivity index (χ2n) is 4.68. The van der Waals surface area contributed by atoms with Crippen molar-refractivity contribution in [3.63, 3.8) is 0 Å². The van der Waals surface area contributed by atoms with E-state index in [-0.39, 0.29) is 35.9 Å². The number of amides is 1. The van der Waals surface area contributed by atoms with E-state index in [0.717, 1.165) is 6.07 Å². The van der Waals surface area contributed by atoms with E-state index in [1.54, 1.807) is 6.07 Å². The van der Waals surface area contributed by atoms with E-state index < -0.39 is 21.8 Å². The Labute approximate surface area is 115 Å². The molecule has 2 N–H and O–H groups in total. The van der Waals surface area contributed by atoms with E-state index in [4.69, 9.17) is 10.4 Å². The van der Waals surface area contributed by atoms with Gasteiger partial charge in [-0.3, -0.25) is 4.79 Å². The summed E-state index contributed by atoms with van der Waals surface area (Å²) in [6, 6.07) is 5.57. The Balaban J connectivity index is 2.22. The summed E-state index contributed by atoms with van der Waals surface area (Å²) in [5.41, 5.74) is 0.199. The van der Waals surface area contributed by atoms with Gasteiger partial charge in [-0.25, -0.2) is 17.9 Å². The van der Waals surface area contributed by atoms with Crippen LogP contribution >= 0.6 is 0 Å². The van der Waals surface area contributed by atoms with Gasteiger partial charge in [0.15, 0.2) is 0 Å². The monoisotopic (exact) mass is 297 g/mol. The molecule has 0 saturated carbocycles. The summed E-state index contributed by atoms with van der Waals surface area (Å²) in [7, 11) is -3.67. The zero-order chi connectivity index (χ0) is 14.9. The maximum atomic E-state index is 13.8. The minimum Gasteiger partial charge on any atom is -0.309 e. The minimum absolute atomic E-state index is 0.00979. The van der Waals surface area contributed by atoms with Gasteiger partial charge in [-0.1, -0.05) is 0 Å². The number of anilines is 1. The molecule has 6 nitrogen and oxygen atoms in total. The van der Waals surface area contributed by atoms with Crippen LogP contribution in [0.5, 0.6) is 0 Å². The summed E-state index contributed by atoms with van der Waals surface area (Å²) in [4.78, 5) is 13.0. The van der Waals surface area contributed by atoms with E-state index in [2.05, 4.69) is 0 Å². The van der Waals surface area contributed by atoms with Gasteiger partial charge >= 0.3 is 0 Å². The lowest BCUT2D eigenvalue weighted by atomic mass is 10.1. The molecule has 0 radical (unpaired) electrons. The fourth-order valence-electron chi connectivity index (χ4n) is 2.25. The lowest BCUT2D eigenvalue weighted by molar-refractivity contribution is -0.117. The zero-order valence-electron chi connectivity index (χ0n) is 10.4. The van der Waals surface area contributed by atoms with Crippen molar-refractivity contribution < 1.29 is 17.6 Å². The summed E-state index contributed by atoms with van der Waals surface area (Å²) in [5.74, 6) is -1.81. The van der Waals surface area contributed by atoms with Crippen LogP contribution in [0.25, 0.3) is 0 Å². The van der Waals surface area contributed by atoms with Crippen LogP contribution in [-0.4, -0.2) is 26.6 Å². The molecular weight excluding hydrogens is 285 g/mol. The summed E-state index contributed by atoms with van der Waals surface area (Å²) in [6.45, 7) is 0.0953. The van der Waals surface area contributed by atoms with Gasteiger partial charge in [0.05, 0.1) is 23.1 Å². The maximum absolute atomic E-state index is 13.8. The number of primary sulfonamides is 1. The first-order chi connectivity index (χ1) is 9.30. The molecule has 1 aromatic carbocycles. The quantitative estimate of drug-likeness (QED) is 0.868. The summed E-state index contributed by atoms with van der Waals surface area (Å²) in [5, 5.41) is 13.6. The number of nitriles is 1. The summed E-state index contributed by atoms with van der Waals surface area (Å²) >= 11 is 0. The molecule has 1 atom stereocenters. The van der Waals surface area contributed by atoms with Gasteiger partial charge < -0.3 is 4.90 Å². The first kappa shape index (κ1) is 14.4. The van der Waals surface area contributed by atoms with E-state index >= 15 is 0 Å². The molecule has 1 fully saturated rings. The second-order valence-corrected chi connectivity index (χ2v) is 6.34. The standard InChI is InChI=1S/C12H12FN3O3S/c13-10-3-8(5-14)1-2-11(10)16-6-9(4-12(16)17)7-20(15,18)19/h1-3,9H,4,6-7H2,(H2,15,18,19). The summed E-state index contributed by atoms with van der Waals surface area (Å²) in [6.07, 6.45) is 0.00979.